The molecule has 0 fully saturated rings. The fourth-order valence-electron chi connectivity index (χ4n) is 6.73. The summed E-state index contributed by atoms with van der Waals surface area (Å²) in [5.74, 6) is 0.950. The van der Waals surface area contributed by atoms with Crippen LogP contribution in [0.4, 0.5) is 0 Å². The summed E-state index contributed by atoms with van der Waals surface area (Å²) in [6.45, 7) is 0. The van der Waals surface area contributed by atoms with Gasteiger partial charge in [0.25, 0.3) is 0 Å². The van der Waals surface area contributed by atoms with Gasteiger partial charge in [0.15, 0.2) is 0 Å². The maximum atomic E-state index is 5.08. The van der Waals surface area contributed by atoms with E-state index in [1.54, 1.807) is 0 Å². The molecule has 2 nitrogen and oxygen atoms in total. The summed E-state index contributed by atoms with van der Waals surface area (Å²) in [6.07, 6.45) is 0. The molecule has 0 N–H and O–H groups in total. The molecule has 2 heteroatoms. The predicted molar refractivity (Wildman–Crippen MR) is 182 cm³/mol. The smallest absolute Gasteiger partial charge is 0.145 e. The number of hydrogen-bond donors (Lipinski definition) is 0. The number of para-hydroxylation sites is 3. The molecule has 0 saturated carbocycles. The summed E-state index contributed by atoms with van der Waals surface area (Å²) in [5, 5.41) is 10.1. The number of aromatic nitrogens is 2. The van der Waals surface area contributed by atoms with Gasteiger partial charge in [0, 0.05) is 11.3 Å². The van der Waals surface area contributed by atoms with Gasteiger partial charge < -0.3 is 0 Å². The number of fused-ring (bicyclic) bond motifs is 7. The average Bonchev–Trinajstić information content (AvgIpc) is 3.47. The van der Waals surface area contributed by atoms with E-state index in [1.807, 2.05) is 0 Å². The van der Waals surface area contributed by atoms with Crippen molar-refractivity contribution in [1.29, 1.82) is 0 Å². The largest absolute Gasteiger partial charge is 0.292 e. The third-order valence-corrected chi connectivity index (χ3v) is 8.73. The molecule has 43 heavy (non-hydrogen) atoms. The number of nitrogens with zero attached hydrogens (tertiary/aromatic N) is 2. The van der Waals surface area contributed by atoms with Crippen LogP contribution in [-0.2, 0) is 0 Å². The molecule has 0 spiro atoms. The van der Waals surface area contributed by atoms with E-state index in [0.717, 1.165) is 28.1 Å². The van der Waals surface area contributed by atoms with Crippen LogP contribution in [0.3, 0.4) is 0 Å². The van der Waals surface area contributed by atoms with Gasteiger partial charge in [-0.15, -0.1) is 0 Å². The van der Waals surface area contributed by atoms with Crippen molar-refractivity contribution in [1.82, 2.24) is 9.55 Å². The van der Waals surface area contributed by atoms with Gasteiger partial charge in [-0.3, -0.25) is 4.57 Å². The molecule has 0 unspecified atom stereocenters. The maximum absolute atomic E-state index is 5.08. The van der Waals surface area contributed by atoms with Crippen LogP contribution < -0.4 is 0 Å². The van der Waals surface area contributed by atoms with Crippen LogP contribution in [0, 0.1) is 0 Å². The van der Waals surface area contributed by atoms with Crippen molar-refractivity contribution in [2.45, 2.75) is 0 Å². The summed E-state index contributed by atoms with van der Waals surface area (Å²) in [6, 6.07) is 56.8. The molecule has 0 aliphatic rings. The topological polar surface area (TPSA) is 17.8 Å². The third-order valence-electron chi connectivity index (χ3n) is 8.73. The minimum Gasteiger partial charge on any atom is -0.292 e. The average molecular weight is 547 g/mol. The monoisotopic (exact) mass is 546 g/mol. The van der Waals surface area contributed by atoms with Crippen LogP contribution in [-0.4, -0.2) is 9.55 Å². The number of hydrogen-bond acceptors (Lipinski definition) is 1. The zero-order valence-corrected chi connectivity index (χ0v) is 23.4. The van der Waals surface area contributed by atoms with E-state index in [-0.39, 0.29) is 0 Å². The molecule has 0 aliphatic heterocycles. The van der Waals surface area contributed by atoms with Gasteiger partial charge in [-0.25, -0.2) is 4.98 Å². The first-order valence-electron chi connectivity index (χ1n) is 14.7. The maximum Gasteiger partial charge on any atom is 0.145 e. The Kier molecular flexibility index (Phi) is 5.23. The van der Waals surface area contributed by atoms with Crippen molar-refractivity contribution in [2.24, 2.45) is 0 Å². The molecule has 0 aliphatic carbocycles. The fourth-order valence-corrected chi connectivity index (χ4v) is 6.73. The van der Waals surface area contributed by atoms with Gasteiger partial charge in [-0.2, -0.15) is 0 Å². The lowest BCUT2D eigenvalue weighted by Gasteiger charge is -2.14. The quantitative estimate of drug-likeness (QED) is 0.202. The van der Waals surface area contributed by atoms with Crippen molar-refractivity contribution in [2.75, 3.05) is 0 Å². The molecule has 0 atom stereocenters. The predicted octanol–water partition coefficient (Wildman–Crippen LogP) is 11.0. The van der Waals surface area contributed by atoms with Crippen molar-refractivity contribution in [3.05, 3.63) is 158 Å². The first-order valence-corrected chi connectivity index (χ1v) is 14.7. The van der Waals surface area contributed by atoms with Crippen LogP contribution in [0.15, 0.2) is 158 Å². The minimum absolute atomic E-state index is 0.950. The standard InChI is InChI=1S/C41H26N2/c1-2-11-33(12-3-1)43-39-17-9-8-16-38(39)42-41(43)32-23-20-28-24-30(21-19-29(28)25-32)37-26-31-22-18-27-10-4-5-13-34(27)40(31)36-15-7-6-14-35(36)37/h1-26H. The molecule has 1 heterocycles. The van der Waals surface area contributed by atoms with Crippen LogP contribution >= 0.6 is 0 Å². The van der Waals surface area contributed by atoms with E-state index in [0.29, 0.717) is 0 Å². The van der Waals surface area contributed by atoms with E-state index in [4.69, 9.17) is 4.98 Å². The Balaban J connectivity index is 1.21. The van der Waals surface area contributed by atoms with Gasteiger partial charge in [0.1, 0.15) is 5.82 Å². The van der Waals surface area contributed by atoms with Gasteiger partial charge in [-0.1, -0.05) is 115 Å². The highest BCUT2D eigenvalue weighted by atomic mass is 15.1. The number of rotatable bonds is 3. The summed E-state index contributed by atoms with van der Waals surface area (Å²) >= 11 is 0. The van der Waals surface area contributed by atoms with Gasteiger partial charge in [0.2, 0.25) is 0 Å². The lowest BCUT2D eigenvalue weighted by atomic mass is 9.90. The summed E-state index contributed by atoms with van der Waals surface area (Å²) in [7, 11) is 0. The molecule has 200 valence electrons. The molecule has 8 aromatic carbocycles. The van der Waals surface area contributed by atoms with E-state index >= 15 is 0 Å². The van der Waals surface area contributed by atoms with Crippen LogP contribution in [0.1, 0.15) is 0 Å². The number of benzene rings is 8. The Morgan fingerprint density at radius 2 is 1.05 bits per heavy atom. The zero-order chi connectivity index (χ0) is 28.3. The van der Waals surface area contributed by atoms with E-state index in [2.05, 4.69) is 162 Å². The molecule has 0 amide bonds. The first kappa shape index (κ1) is 23.9. The molecule has 0 saturated heterocycles. The minimum atomic E-state index is 0.950. The highest BCUT2D eigenvalue weighted by Gasteiger charge is 2.15. The third kappa shape index (κ3) is 3.77. The Bertz CT molecular complexity index is 2500. The Morgan fingerprint density at radius 3 is 1.91 bits per heavy atom. The second kappa shape index (κ2) is 9.40. The second-order valence-corrected chi connectivity index (χ2v) is 11.2. The van der Waals surface area contributed by atoms with Gasteiger partial charge >= 0.3 is 0 Å². The Labute approximate surface area is 249 Å². The Hall–Kier alpha value is -5.73. The number of imidazole rings is 1. The zero-order valence-electron chi connectivity index (χ0n) is 23.4. The molecular formula is C41H26N2. The van der Waals surface area contributed by atoms with Crippen LogP contribution in [0.25, 0.3) is 82.3 Å². The van der Waals surface area contributed by atoms with E-state index in [1.165, 1.54) is 54.2 Å². The summed E-state index contributed by atoms with van der Waals surface area (Å²) in [4.78, 5) is 5.08. The van der Waals surface area contributed by atoms with Crippen molar-refractivity contribution < 1.29 is 0 Å². The normalized spacial score (nSPS) is 11.7. The molecule has 9 aromatic rings. The van der Waals surface area contributed by atoms with Crippen molar-refractivity contribution in [3.63, 3.8) is 0 Å². The SMILES string of the molecule is c1ccc(-n2c(-c3ccc4cc(-c5cc6ccc7ccccc7c6c6ccccc56)ccc4c3)nc3ccccc32)cc1. The van der Waals surface area contributed by atoms with Crippen molar-refractivity contribution >= 4 is 54.1 Å². The highest BCUT2D eigenvalue weighted by molar-refractivity contribution is 6.23. The van der Waals surface area contributed by atoms with E-state index in [9.17, 15) is 0 Å². The second-order valence-electron chi connectivity index (χ2n) is 11.2. The molecule has 0 radical (unpaired) electrons. The molecule has 0 bridgehead atoms. The Morgan fingerprint density at radius 1 is 0.419 bits per heavy atom. The molecule has 9 rings (SSSR count). The van der Waals surface area contributed by atoms with Crippen molar-refractivity contribution in [3.8, 4) is 28.2 Å². The molecule has 1 aromatic heterocycles. The highest BCUT2D eigenvalue weighted by Crippen LogP contribution is 2.39. The lowest BCUT2D eigenvalue weighted by Crippen LogP contribution is -1.97. The van der Waals surface area contributed by atoms with E-state index < -0.39 is 0 Å². The molecular weight excluding hydrogens is 520 g/mol. The summed E-state index contributed by atoms with van der Waals surface area (Å²) < 4.78 is 2.26. The van der Waals surface area contributed by atoms with Crippen LogP contribution in [0.5, 0.6) is 0 Å². The fraction of sp³-hybridized carbons (Fsp3) is 0. The summed E-state index contributed by atoms with van der Waals surface area (Å²) in [5.41, 5.74) is 6.79. The lowest BCUT2D eigenvalue weighted by molar-refractivity contribution is 1.10. The van der Waals surface area contributed by atoms with Gasteiger partial charge in [0.05, 0.1) is 11.0 Å². The van der Waals surface area contributed by atoms with Gasteiger partial charge in [-0.05, 0) is 96.7 Å². The van der Waals surface area contributed by atoms with Crippen LogP contribution in [0.2, 0.25) is 0 Å². The first-order chi connectivity index (χ1) is 21.3.